The Hall–Kier alpha value is -2.79. The minimum atomic E-state index is -0.822. The molecular weight excluding hydrogens is 332 g/mol. The Balaban J connectivity index is 2.09. The third-order valence-electron chi connectivity index (χ3n) is 3.66. The zero-order valence-electron chi connectivity index (χ0n) is 12.6. The fourth-order valence-electron chi connectivity index (χ4n) is 2.55. The highest BCUT2D eigenvalue weighted by Crippen LogP contribution is 2.34. The fraction of sp³-hybridized carbons (Fsp3) is 0.111. The molecule has 0 saturated heterocycles. The van der Waals surface area contributed by atoms with Crippen molar-refractivity contribution >= 4 is 34.9 Å². The summed E-state index contributed by atoms with van der Waals surface area (Å²) in [5.74, 6) is -1.90. The van der Waals surface area contributed by atoms with Gasteiger partial charge < -0.3 is 4.74 Å². The van der Waals surface area contributed by atoms with Crippen LogP contribution in [0.2, 0.25) is 5.02 Å². The Labute approximate surface area is 142 Å². The molecule has 0 spiro atoms. The van der Waals surface area contributed by atoms with Crippen LogP contribution in [-0.2, 0) is 9.53 Å². The van der Waals surface area contributed by atoms with E-state index in [1.807, 2.05) is 0 Å². The van der Waals surface area contributed by atoms with Gasteiger partial charge in [-0.2, -0.15) is 0 Å². The molecule has 0 saturated carbocycles. The van der Waals surface area contributed by atoms with Crippen molar-refractivity contribution in [3.8, 4) is 0 Å². The third-order valence-corrected chi connectivity index (χ3v) is 4.05. The molecule has 0 amide bonds. The summed E-state index contributed by atoms with van der Waals surface area (Å²) in [6.45, 7) is 0.892. The van der Waals surface area contributed by atoms with E-state index in [1.54, 1.807) is 18.2 Å². The second-order valence-corrected chi connectivity index (χ2v) is 5.71. The van der Waals surface area contributed by atoms with E-state index in [2.05, 4.69) is 0 Å². The van der Waals surface area contributed by atoms with Crippen LogP contribution >= 0.6 is 11.6 Å². The summed E-state index contributed by atoms with van der Waals surface area (Å²) in [5.41, 5.74) is 0.616. The highest BCUT2D eigenvalue weighted by molar-refractivity contribution is 6.41. The second kappa shape index (κ2) is 6.02. The van der Waals surface area contributed by atoms with Gasteiger partial charge in [0, 0.05) is 16.7 Å². The Morgan fingerprint density at radius 1 is 0.958 bits per heavy atom. The molecule has 0 aliphatic heterocycles. The predicted molar refractivity (Wildman–Crippen MR) is 85.7 cm³/mol. The molecule has 1 aliphatic rings. The molecule has 24 heavy (non-hydrogen) atoms. The van der Waals surface area contributed by atoms with Gasteiger partial charge >= 0.3 is 5.97 Å². The lowest BCUT2D eigenvalue weighted by Crippen LogP contribution is -2.22. The van der Waals surface area contributed by atoms with Gasteiger partial charge in [0.15, 0.2) is 17.3 Å². The number of ether oxygens (including phenoxy) is 1. The smallest absolute Gasteiger partial charge is 0.340 e. The number of carbonyl (C=O) groups is 4. The van der Waals surface area contributed by atoms with Gasteiger partial charge in [-0.05, 0) is 19.1 Å². The van der Waals surface area contributed by atoms with Gasteiger partial charge in [-0.25, -0.2) is 4.79 Å². The Kier molecular flexibility index (Phi) is 4.03. The van der Waals surface area contributed by atoms with Gasteiger partial charge in [0.2, 0.25) is 0 Å². The first-order valence-electron chi connectivity index (χ1n) is 7.09. The van der Waals surface area contributed by atoms with Crippen molar-refractivity contribution in [3.63, 3.8) is 0 Å². The molecule has 1 aliphatic carbocycles. The number of halogens is 1. The summed E-state index contributed by atoms with van der Waals surface area (Å²) in [6.07, 6.45) is 0. The Morgan fingerprint density at radius 3 is 2.21 bits per heavy atom. The van der Waals surface area contributed by atoms with Gasteiger partial charge in [0.25, 0.3) is 0 Å². The topological polar surface area (TPSA) is 77.5 Å². The van der Waals surface area contributed by atoms with Gasteiger partial charge in [0.05, 0.1) is 16.1 Å². The molecule has 0 aromatic heterocycles. The fourth-order valence-corrected chi connectivity index (χ4v) is 2.88. The summed E-state index contributed by atoms with van der Waals surface area (Å²) in [4.78, 5) is 48.2. The van der Waals surface area contributed by atoms with Crippen LogP contribution in [0.5, 0.6) is 0 Å². The number of fused-ring (bicyclic) bond motifs is 2. The first-order valence-corrected chi connectivity index (χ1v) is 7.47. The maximum atomic E-state index is 12.7. The molecule has 6 heteroatoms. The van der Waals surface area contributed by atoms with Crippen molar-refractivity contribution in [2.45, 2.75) is 6.92 Å². The van der Waals surface area contributed by atoms with Crippen molar-refractivity contribution in [1.29, 1.82) is 0 Å². The SMILES string of the molecule is CC(=O)COC(=O)c1ccc2c(c1Cl)C(=O)c1ccccc1C2=O. The summed E-state index contributed by atoms with van der Waals surface area (Å²) < 4.78 is 4.82. The molecule has 2 aromatic rings. The number of hydrogen-bond donors (Lipinski definition) is 0. The Morgan fingerprint density at radius 2 is 1.58 bits per heavy atom. The molecular formula is C18H11ClO5. The van der Waals surface area contributed by atoms with Crippen LogP contribution in [0.1, 0.15) is 49.1 Å². The molecule has 5 nitrogen and oxygen atoms in total. The standard InChI is InChI=1S/C18H11ClO5/c1-9(20)8-24-18(23)13-7-6-12-14(15(13)19)17(22)11-5-3-2-4-10(11)16(12)21/h2-7H,8H2,1H3. The number of hydrogen-bond acceptors (Lipinski definition) is 5. The lowest BCUT2D eigenvalue weighted by atomic mass is 9.83. The highest BCUT2D eigenvalue weighted by atomic mass is 35.5. The van der Waals surface area contributed by atoms with Gasteiger partial charge in [-0.3, -0.25) is 14.4 Å². The molecule has 0 heterocycles. The molecule has 0 atom stereocenters. The zero-order chi connectivity index (χ0) is 17.4. The summed E-state index contributed by atoms with van der Waals surface area (Å²) in [5, 5.41) is -0.145. The van der Waals surface area contributed by atoms with E-state index >= 15 is 0 Å². The summed E-state index contributed by atoms with van der Waals surface area (Å²) in [6, 6.07) is 9.12. The van der Waals surface area contributed by atoms with Crippen molar-refractivity contribution < 1.29 is 23.9 Å². The van der Waals surface area contributed by atoms with E-state index < -0.39 is 11.8 Å². The number of carbonyl (C=O) groups excluding carboxylic acids is 4. The number of benzene rings is 2. The monoisotopic (exact) mass is 342 g/mol. The van der Waals surface area contributed by atoms with E-state index in [4.69, 9.17) is 16.3 Å². The first kappa shape index (κ1) is 16.1. The quantitative estimate of drug-likeness (QED) is 0.684. The van der Waals surface area contributed by atoms with E-state index in [1.165, 1.54) is 25.1 Å². The molecule has 0 radical (unpaired) electrons. The average Bonchev–Trinajstić information content (AvgIpc) is 2.57. The number of Topliss-reactive ketones (excluding diaryl/α,β-unsaturated/α-hetero) is 1. The largest absolute Gasteiger partial charge is 0.454 e. The maximum absolute atomic E-state index is 12.7. The van der Waals surface area contributed by atoms with Crippen LogP contribution in [0.4, 0.5) is 0 Å². The molecule has 0 bridgehead atoms. The molecule has 3 rings (SSSR count). The maximum Gasteiger partial charge on any atom is 0.340 e. The van der Waals surface area contributed by atoms with Gasteiger partial charge in [-0.15, -0.1) is 0 Å². The van der Waals surface area contributed by atoms with Crippen LogP contribution in [0, 0.1) is 0 Å². The zero-order valence-corrected chi connectivity index (χ0v) is 13.3. The third kappa shape index (κ3) is 2.53. The molecule has 0 N–H and O–H groups in total. The minimum Gasteiger partial charge on any atom is -0.454 e. The lowest BCUT2D eigenvalue weighted by molar-refractivity contribution is -0.120. The van der Waals surface area contributed by atoms with E-state index in [0.29, 0.717) is 5.56 Å². The van der Waals surface area contributed by atoms with Crippen LogP contribution in [0.25, 0.3) is 0 Å². The van der Waals surface area contributed by atoms with Crippen LogP contribution in [0.15, 0.2) is 36.4 Å². The number of esters is 1. The van der Waals surface area contributed by atoms with E-state index in [0.717, 1.165) is 0 Å². The Bertz CT molecular complexity index is 914. The number of rotatable bonds is 3. The summed E-state index contributed by atoms with van der Waals surface area (Å²) >= 11 is 6.20. The molecule has 120 valence electrons. The normalized spacial score (nSPS) is 12.4. The second-order valence-electron chi connectivity index (χ2n) is 5.33. The van der Waals surface area contributed by atoms with Crippen LogP contribution < -0.4 is 0 Å². The van der Waals surface area contributed by atoms with E-state index in [9.17, 15) is 19.2 Å². The van der Waals surface area contributed by atoms with E-state index in [-0.39, 0.29) is 45.4 Å². The van der Waals surface area contributed by atoms with Crippen LogP contribution in [0.3, 0.4) is 0 Å². The van der Waals surface area contributed by atoms with Crippen molar-refractivity contribution in [2.24, 2.45) is 0 Å². The lowest BCUT2D eigenvalue weighted by Gasteiger charge is -2.19. The predicted octanol–water partition coefficient (Wildman–Crippen LogP) is 2.86. The van der Waals surface area contributed by atoms with Crippen molar-refractivity contribution in [2.75, 3.05) is 6.61 Å². The number of ketones is 3. The molecule has 0 unspecified atom stereocenters. The minimum absolute atomic E-state index is 0.0161. The first-order chi connectivity index (χ1) is 11.4. The van der Waals surface area contributed by atoms with Gasteiger partial charge in [0.1, 0.15) is 6.61 Å². The van der Waals surface area contributed by atoms with Crippen molar-refractivity contribution in [1.82, 2.24) is 0 Å². The van der Waals surface area contributed by atoms with Crippen molar-refractivity contribution in [3.05, 3.63) is 69.2 Å². The molecule has 2 aromatic carbocycles. The van der Waals surface area contributed by atoms with Crippen LogP contribution in [-0.4, -0.2) is 29.9 Å². The average molecular weight is 343 g/mol. The summed E-state index contributed by atoms with van der Waals surface area (Å²) in [7, 11) is 0. The molecule has 0 fully saturated rings. The van der Waals surface area contributed by atoms with Gasteiger partial charge in [-0.1, -0.05) is 35.9 Å². The highest BCUT2D eigenvalue weighted by Gasteiger charge is 2.33.